The lowest BCUT2D eigenvalue weighted by atomic mass is 9.87. The number of benzene rings is 1. The van der Waals surface area contributed by atoms with Gasteiger partial charge in [-0.05, 0) is 24.6 Å². The summed E-state index contributed by atoms with van der Waals surface area (Å²) in [6, 6.07) is 2.49. The summed E-state index contributed by atoms with van der Waals surface area (Å²) in [6.07, 6.45) is -0.193. The molecule has 0 saturated heterocycles. The van der Waals surface area contributed by atoms with Gasteiger partial charge in [-0.15, -0.1) is 0 Å². The predicted octanol–water partition coefficient (Wildman–Crippen LogP) is 3.43. The van der Waals surface area contributed by atoms with Crippen LogP contribution >= 0.6 is 0 Å². The van der Waals surface area contributed by atoms with E-state index in [0.717, 1.165) is 0 Å². The predicted molar refractivity (Wildman–Crippen MR) is 59.3 cm³/mol. The first-order valence-electron chi connectivity index (χ1n) is 5.19. The molecule has 0 heterocycles. The highest BCUT2D eigenvalue weighted by atomic mass is 19.1. The molecule has 88 valence electrons. The smallest absolute Gasteiger partial charge is 0.142 e. The SMILES string of the molecule is Cc1cc(F)c(CC(=O)C(C)(C)C)c(F)c1. The van der Waals surface area contributed by atoms with Crippen LogP contribution in [-0.2, 0) is 11.2 Å². The van der Waals surface area contributed by atoms with Crippen LogP contribution < -0.4 is 0 Å². The van der Waals surface area contributed by atoms with Crippen molar-refractivity contribution in [3.05, 3.63) is 34.9 Å². The fraction of sp³-hybridized carbons (Fsp3) is 0.462. The summed E-state index contributed by atoms with van der Waals surface area (Å²) in [5.74, 6) is -1.46. The molecule has 0 atom stereocenters. The second-order valence-electron chi connectivity index (χ2n) is 5.06. The van der Waals surface area contributed by atoms with Gasteiger partial charge < -0.3 is 0 Å². The Hall–Kier alpha value is -1.25. The number of carbonyl (C=O) groups is 1. The lowest BCUT2D eigenvalue weighted by Crippen LogP contribution is -2.23. The van der Waals surface area contributed by atoms with Crippen LogP contribution in [0.25, 0.3) is 0 Å². The maximum atomic E-state index is 13.5. The fourth-order valence-corrected chi connectivity index (χ4v) is 1.32. The van der Waals surface area contributed by atoms with E-state index in [9.17, 15) is 13.6 Å². The van der Waals surface area contributed by atoms with Crippen LogP contribution in [0.3, 0.4) is 0 Å². The van der Waals surface area contributed by atoms with Crippen molar-refractivity contribution in [2.24, 2.45) is 5.41 Å². The quantitative estimate of drug-likeness (QED) is 0.755. The molecule has 0 spiro atoms. The van der Waals surface area contributed by atoms with Gasteiger partial charge in [-0.2, -0.15) is 0 Å². The van der Waals surface area contributed by atoms with E-state index in [1.165, 1.54) is 12.1 Å². The molecule has 1 aromatic rings. The molecule has 16 heavy (non-hydrogen) atoms. The molecule has 0 aliphatic rings. The van der Waals surface area contributed by atoms with E-state index in [1.54, 1.807) is 27.7 Å². The van der Waals surface area contributed by atoms with E-state index in [0.29, 0.717) is 5.56 Å². The molecule has 0 saturated carbocycles. The minimum absolute atomic E-state index is 0.134. The molecule has 0 fully saturated rings. The van der Waals surface area contributed by atoms with E-state index in [-0.39, 0.29) is 17.8 Å². The summed E-state index contributed by atoms with van der Waals surface area (Å²) in [6.45, 7) is 6.82. The van der Waals surface area contributed by atoms with Gasteiger partial charge in [0.25, 0.3) is 0 Å². The number of rotatable bonds is 2. The number of hydrogen-bond donors (Lipinski definition) is 0. The Morgan fingerprint density at radius 3 is 2.00 bits per heavy atom. The summed E-state index contributed by atoms with van der Waals surface area (Å²) in [5.41, 5.74) is -0.198. The molecule has 1 nitrogen and oxygen atoms in total. The zero-order chi connectivity index (χ0) is 12.5. The number of ketones is 1. The van der Waals surface area contributed by atoms with Crippen molar-refractivity contribution in [2.45, 2.75) is 34.1 Å². The van der Waals surface area contributed by atoms with Crippen molar-refractivity contribution in [2.75, 3.05) is 0 Å². The highest BCUT2D eigenvalue weighted by Gasteiger charge is 2.24. The Morgan fingerprint density at radius 2 is 1.62 bits per heavy atom. The number of carbonyl (C=O) groups excluding carboxylic acids is 1. The van der Waals surface area contributed by atoms with E-state index in [4.69, 9.17) is 0 Å². The summed E-state index contributed by atoms with van der Waals surface area (Å²) in [7, 11) is 0. The van der Waals surface area contributed by atoms with Crippen LogP contribution in [0, 0.1) is 24.0 Å². The average Bonchev–Trinajstić information content (AvgIpc) is 2.08. The van der Waals surface area contributed by atoms with Crippen molar-refractivity contribution in [3.8, 4) is 0 Å². The molecule has 3 heteroatoms. The average molecular weight is 226 g/mol. The zero-order valence-corrected chi connectivity index (χ0v) is 10.0. The normalized spacial score (nSPS) is 11.6. The molecule has 0 amide bonds. The van der Waals surface area contributed by atoms with Crippen molar-refractivity contribution in [1.29, 1.82) is 0 Å². The lowest BCUT2D eigenvalue weighted by molar-refractivity contribution is -0.125. The molecule has 0 aliphatic heterocycles. The highest BCUT2D eigenvalue weighted by molar-refractivity contribution is 5.85. The molecule has 0 radical (unpaired) electrons. The van der Waals surface area contributed by atoms with Crippen LogP contribution in [-0.4, -0.2) is 5.78 Å². The van der Waals surface area contributed by atoms with E-state index < -0.39 is 17.0 Å². The van der Waals surface area contributed by atoms with Crippen molar-refractivity contribution >= 4 is 5.78 Å². The van der Waals surface area contributed by atoms with E-state index in [1.807, 2.05) is 0 Å². The van der Waals surface area contributed by atoms with Gasteiger partial charge in [-0.1, -0.05) is 20.8 Å². The summed E-state index contributed by atoms with van der Waals surface area (Å²) >= 11 is 0. The molecular formula is C13H16F2O. The largest absolute Gasteiger partial charge is 0.299 e. The Morgan fingerprint density at radius 1 is 1.19 bits per heavy atom. The maximum absolute atomic E-state index is 13.5. The zero-order valence-electron chi connectivity index (χ0n) is 10.0. The highest BCUT2D eigenvalue weighted by Crippen LogP contribution is 2.21. The van der Waals surface area contributed by atoms with Gasteiger partial charge in [0.05, 0.1) is 0 Å². The molecule has 0 aliphatic carbocycles. The standard InChI is InChI=1S/C13H16F2O/c1-8-5-10(14)9(11(15)6-8)7-12(16)13(2,3)4/h5-6H,7H2,1-4H3. The number of aryl methyl sites for hydroxylation is 1. The third kappa shape index (κ3) is 2.87. The molecule has 0 aromatic heterocycles. The van der Waals surface area contributed by atoms with E-state index >= 15 is 0 Å². The third-order valence-corrected chi connectivity index (χ3v) is 2.46. The van der Waals surface area contributed by atoms with Gasteiger partial charge in [0, 0.05) is 17.4 Å². The Bertz CT molecular complexity index is 393. The van der Waals surface area contributed by atoms with Crippen molar-refractivity contribution in [1.82, 2.24) is 0 Å². The van der Waals surface area contributed by atoms with Crippen LogP contribution in [0.5, 0.6) is 0 Å². The summed E-state index contributed by atoms with van der Waals surface area (Å²) < 4.78 is 26.9. The minimum atomic E-state index is -0.643. The first-order valence-corrected chi connectivity index (χ1v) is 5.19. The Balaban J connectivity index is 3.03. The molecule has 1 aromatic carbocycles. The summed E-state index contributed by atoms with van der Waals surface area (Å²) in [5, 5.41) is 0. The van der Waals surface area contributed by atoms with Gasteiger partial charge >= 0.3 is 0 Å². The molecule has 1 rings (SSSR count). The minimum Gasteiger partial charge on any atom is -0.299 e. The molecule has 0 unspecified atom stereocenters. The summed E-state index contributed by atoms with van der Waals surface area (Å²) in [4.78, 5) is 11.7. The number of Topliss-reactive ketones (excluding diaryl/α,β-unsaturated/α-hetero) is 1. The van der Waals surface area contributed by atoms with Crippen LogP contribution in [0.4, 0.5) is 8.78 Å². The lowest BCUT2D eigenvalue weighted by Gasteiger charge is -2.17. The topological polar surface area (TPSA) is 17.1 Å². The second-order valence-corrected chi connectivity index (χ2v) is 5.06. The first kappa shape index (κ1) is 12.8. The monoisotopic (exact) mass is 226 g/mol. The maximum Gasteiger partial charge on any atom is 0.142 e. The van der Waals surface area contributed by atoms with Gasteiger partial charge in [0.15, 0.2) is 0 Å². The third-order valence-electron chi connectivity index (χ3n) is 2.46. The van der Waals surface area contributed by atoms with Gasteiger partial charge in [-0.25, -0.2) is 8.78 Å². The number of halogens is 2. The Labute approximate surface area is 94.5 Å². The first-order chi connectivity index (χ1) is 7.21. The molecule has 0 N–H and O–H groups in total. The van der Waals surface area contributed by atoms with E-state index in [2.05, 4.69) is 0 Å². The molecular weight excluding hydrogens is 210 g/mol. The number of hydrogen-bond acceptors (Lipinski definition) is 1. The Kier molecular flexibility index (Phi) is 3.46. The van der Waals surface area contributed by atoms with Crippen molar-refractivity contribution in [3.63, 3.8) is 0 Å². The van der Waals surface area contributed by atoms with Crippen LogP contribution in [0.2, 0.25) is 0 Å². The van der Waals surface area contributed by atoms with Crippen LogP contribution in [0.1, 0.15) is 31.9 Å². The fourth-order valence-electron chi connectivity index (χ4n) is 1.32. The second kappa shape index (κ2) is 4.32. The van der Waals surface area contributed by atoms with Gasteiger partial charge in [0.1, 0.15) is 17.4 Å². The van der Waals surface area contributed by atoms with Gasteiger partial charge in [0.2, 0.25) is 0 Å². The van der Waals surface area contributed by atoms with Crippen molar-refractivity contribution < 1.29 is 13.6 Å². The van der Waals surface area contributed by atoms with Gasteiger partial charge in [-0.3, -0.25) is 4.79 Å². The van der Waals surface area contributed by atoms with Crippen LogP contribution in [0.15, 0.2) is 12.1 Å². The molecule has 0 bridgehead atoms.